The van der Waals surface area contributed by atoms with Crippen molar-refractivity contribution in [1.82, 2.24) is 10.3 Å². The number of carbonyl (C=O) groups is 1. The van der Waals surface area contributed by atoms with E-state index < -0.39 is 0 Å². The summed E-state index contributed by atoms with van der Waals surface area (Å²) in [6.45, 7) is 3.88. The average molecular weight is 312 g/mol. The molecule has 0 unspecified atom stereocenters. The molecule has 2 N–H and O–H groups in total. The Balaban J connectivity index is 2.00. The van der Waals surface area contributed by atoms with E-state index in [4.69, 9.17) is 4.74 Å². The number of ether oxygens (including phenoxy) is 1. The highest BCUT2D eigenvalue weighted by molar-refractivity contribution is 5.91. The number of aromatic nitrogens is 1. The minimum absolute atomic E-state index is 0.167. The second-order valence-corrected chi connectivity index (χ2v) is 5.27. The number of aromatic amines is 1. The number of pyridine rings is 1. The fourth-order valence-corrected chi connectivity index (χ4v) is 2.25. The lowest BCUT2D eigenvalue weighted by Gasteiger charge is -2.06. The van der Waals surface area contributed by atoms with E-state index in [2.05, 4.69) is 10.3 Å². The molecule has 0 spiro atoms. The van der Waals surface area contributed by atoms with Gasteiger partial charge in [0, 0.05) is 23.9 Å². The molecule has 0 fully saturated rings. The van der Waals surface area contributed by atoms with Gasteiger partial charge in [-0.05, 0) is 49.2 Å². The summed E-state index contributed by atoms with van der Waals surface area (Å²) in [5.41, 5.74) is 2.94. The van der Waals surface area contributed by atoms with Crippen LogP contribution in [0.2, 0.25) is 0 Å². The summed E-state index contributed by atoms with van der Waals surface area (Å²) < 4.78 is 5.13. The van der Waals surface area contributed by atoms with Gasteiger partial charge in [-0.1, -0.05) is 12.1 Å². The Kier molecular flexibility index (Phi) is 5.36. The molecule has 0 saturated heterocycles. The van der Waals surface area contributed by atoms with Crippen LogP contribution in [0.3, 0.4) is 0 Å². The molecular weight excluding hydrogens is 292 g/mol. The van der Waals surface area contributed by atoms with E-state index >= 15 is 0 Å². The van der Waals surface area contributed by atoms with Crippen LogP contribution in [0.4, 0.5) is 0 Å². The number of aryl methyl sites for hydroxylation is 2. The Morgan fingerprint density at radius 2 is 2.09 bits per heavy atom. The first-order valence-electron chi connectivity index (χ1n) is 7.29. The molecule has 0 aliphatic rings. The van der Waals surface area contributed by atoms with Crippen LogP contribution in [0.15, 0.2) is 41.2 Å². The quantitative estimate of drug-likeness (QED) is 0.832. The topological polar surface area (TPSA) is 71.2 Å². The summed E-state index contributed by atoms with van der Waals surface area (Å²) in [6.07, 6.45) is 3.14. The molecule has 5 heteroatoms. The predicted octanol–water partition coefficient (Wildman–Crippen LogP) is 2.33. The van der Waals surface area contributed by atoms with Gasteiger partial charge in [-0.25, -0.2) is 0 Å². The monoisotopic (exact) mass is 312 g/mol. The maximum atomic E-state index is 11.9. The molecule has 23 heavy (non-hydrogen) atoms. The van der Waals surface area contributed by atoms with Gasteiger partial charge in [-0.3, -0.25) is 9.59 Å². The van der Waals surface area contributed by atoms with Gasteiger partial charge in [0.25, 0.3) is 5.56 Å². The van der Waals surface area contributed by atoms with E-state index in [1.54, 1.807) is 13.2 Å². The minimum atomic E-state index is -0.257. The normalized spacial score (nSPS) is 10.7. The lowest BCUT2D eigenvalue weighted by atomic mass is 10.1. The van der Waals surface area contributed by atoms with Crippen molar-refractivity contribution in [3.8, 4) is 5.75 Å². The summed E-state index contributed by atoms with van der Waals surface area (Å²) in [6, 6.07) is 9.28. The van der Waals surface area contributed by atoms with Crippen LogP contribution in [0.1, 0.15) is 22.4 Å². The van der Waals surface area contributed by atoms with Crippen molar-refractivity contribution in [2.75, 3.05) is 7.11 Å². The van der Waals surface area contributed by atoms with E-state index in [0.29, 0.717) is 5.56 Å². The number of amides is 1. The van der Waals surface area contributed by atoms with Crippen molar-refractivity contribution < 1.29 is 9.53 Å². The Hall–Kier alpha value is -2.82. The first kappa shape index (κ1) is 16.5. The second-order valence-electron chi connectivity index (χ2n) is 5.27. The summed E-state index contributed by atoms with van der Waals surface area (Å²) >= 11 is 0. The zero-order valence-electron chi connectivity index (χ0n) is 13.5. The van der Waals surface area contributed by atoms with E-state index in [1.165, 1.54) is 6.08 Å². The van der Waals surface area contributed by atoms with Gasteiger partial charge < -0.3 is 15.0 Å². The maximum absolute atomic E-state index is 11.9. The highest BCUT2D eigenvalue weighted by Crippen LogP contribution is 2.13. The zero-order valence-corrected chi connectivity index (χ0v) is 13.5. The van der Waals surface area contributed by atoms with Gasteiger partial charge in [0.1, 0.15) is 5.75 Å². The van der Waals surface area contributed by atoms with Crippen molar-refractivity contribution in [3.63, 3.8) is 0 Å². The molecule has 2 aromatic rings. The predicted molar refractivity (Wildman–Crippen MR) is 90.4 cm³/mol. The van der Waals surface area contributed by atoms with E-state index in [1.807, 2.05) is 44.2 Å². The largest absolute Gasteiger partial charge is 0.497 e. The first-order chi connectivity index (χ1) is 11.0. The van der Waals surface area contributed by atoms with Crippen LogP contribution in [0.5, 0.6) is 5.75 Å². The molecular formula is C18H20N2O3. The zero-order chi connectivity index (χ0) is 16.8. The van der Waals surface area contributed by atoms with Gasteiger partial charge in [-0.2, -0.15) is 0 Å². The maximum Gasteiger partial charge on any atom is 0.253 e. The average Bonchev–Trinajstić information content (AvgIpc) is 2.52. The molecule has 2 rings (SSSR count). The van der Waals surface area contributed by atoms with Crippen LogP contribution in [0, 0.1) is 13.8 Å². The Morgan fingerprint density at radius 1 is 1.30 bits per heavy atom. The number of benzene rings is 1. The smallest absolute Gasteiger partial charge is 0.253 e. The fourth-order valence-electron chi connectivity index (χ4n) is 2.25. The Labute approximate surface area is 135 Å². The Bertz CT molecular complexity index is 791. The molecule has 1 aromatic heterocycles. The van der Waals surface area contributed by atoms with Crippen LogP contribution in [-0.4, -0.2) is 18.0 Å². The summed E-state index contributed by atoms with van der Waals surface area (Å²) in [5, 5.41) is 2.72. The summed E-state index contributed by atoms with van der Waals surface area (Å²) in [4.78, 5) is 26.5. The third-order valence-corrected chi connectivity index (χ3v) is 3.45. The molecule has 1 heterocycles. The van der Waals surface area contributed by atoms with E-state index in [0.717, 1.165) is 22.6 Å². The lowest BCUT2D eigenvalue weighted by molar-refractivity contribution is -0.116. The molecule has 0 aliphatic heterocycles. The van der Waals surface area contributed by atoms with Crippen molar-refractivity contribution in [2.45, 2.75) is 20.4 Å². The van der Waals surface area contributed by atoms with Gasteiger partial charge in [0.2, 0.25) is 5.91 Å². The number of H-pyrrole nitrogens is 1. The standard InChI is InChI=1S/C18H20N2O3/c1-12-9-13(2)20-18(22)16(12)11-19-17(21)8-7-14-5-4-6-15(10-14)23-3/h4-10H,11H2,1-3H3,(H,19,21)(H,20,22). The van der Waals surface area contributed by atoms with Crippen LogP contribution in [-0.2, 0) is 11.3 Å². The highest BCUT2D eigenvalue weighted by Gasteiger charge is 2.06. The van der Waals surface area contributed by atoms with E-state index in [9.17, 15) is 9.59 Å². The second kappa shape index (κ2) is 7.45. The van der Waals surface area contributed by atoms with Crippen LogP contribution in [0.25, 0.3) is 6.08 Å². The highest BCUT2D eigenvalue weighted by atomic mass is 16.5. The van der Waals surface area contributed by atoms with Gasteiger partial charge >= 0.3 is 0 Å². The lowest BCUT2D eigenvalue weighted by Crippen LogP contribution is -2.26. The van der Waals surface area contributed by atoms with Gasteiger partial charge in [0.05, 0.1) is 7.11 Å². The molecule has 0 bridgehead atoms. The molecule has 5 nitrogen and oxygen atoms in total. The molecule has 1 amide bonds. The number of methoxy groups -OCH3 is 1. The van der Waals surface area contributed by atoms with Crippen LogP contribution < -0.4 is 15.6 Å². The number of rotatable bonds is 5. The van der Waals surface area contributed by atoms with Crippen molar-refractivity contribution in [3.05, 3.63) is 69.1 Å². The molecule has 0 saturated carbocycles. The molecule has 120 valence electrons. The number of hydrogen-bond acceptors (Lipinski definition) is 3. The number of hydrogen-bond donors (Lipinski definition) is 2. The number of carbonyl (C=O) groups excluding carboxylic acids is 1. The van der Waals surface area contributed by atoms with Crippen molar-refractivity contribution in [2.24, 2.45) is 0 Å². The SMILES string of the molecule is COc1cccc(C=CC(=O)NCc2c(C)cc(C)[nH]c2=O)c1. The summed E-state index contributed by atoms with van der Waals surface area (Å²) in [7, 11) is 1.59. The fraction of sp³-hybridized carbons (Fsp3) is 0.222. The van der Waals surface area contributed by atoms with Crippen molar-refractivity contribution in [1.29, 1.82) is 0 Å². The van der Waals surface area contributed by atoms with Crippen molar-refractivity contribution >= 4 is 12.0 Å². The minimum Gasteiger partial charge on any atom is -0.497 e. The first-order valence-corrected chi connectivity index (χ1v) is 7.29. The van der Waals surface area contributed by atoms with Gasteiger partial charge in [-0.15, -0.1) is 0 Å². The molecule has 0 radical (unpaired) electrons. The molecule has 1 aromatic carbocycles. The Morgan fingerprint density at radius 3 is 2.78 bits per heavy atom. The third-order valence-electron chi connectivity index (χ3n) is 3.45. The molecule has 0 atom stereocenters. The third kappa shape index (κ3) is 4.57. The number of nitrogens with one attached hydrogen (secondary N) is 2. The van der Waals surface area contributed by atoms with Crippen LogP contribution >= 0.6 is 0 Å². The molecule has 0 aliphatic carbocycles. The van der Waals surface area contributed by atoms with Gasteiger partial charge in [0.15, 0.2) is 0 Å². The summed E-state index contributed by atoms with van der Waals surface area (Å²) in [5.74, 6) is 0.474. The van der Waals surface area contributed by atoms with E-state index in [-0.39, 0.29) is 18.0 Å².